The van der Waals surface area contributed by atoms with Gasteiger partial charge in [-0.3, -0.25) is 11.3 Å². The van der Waals surface area contributed by atoms with E-state index in [9.17, 15) is 0 Å². The molecule has 3 N–H and O–H groups in total. The molecule has 3 unspecified atom stereocenters. The van der Waals surface area contributed by atoms with E-state index in [4.69, 9.17) is 5.84 Å². The Morgan fingerprint density at radius 1 is 1.22 bits per heavy atom. The van der Waals surface area contributed by atoms with E-state index in [1.807, 2.05) is 0 Å². The molecule has 1 aromatic carbocycles. The van der Waals surface area contributed by atoms with E-state index in [-0.39, 0.29) is 0 Å². The van der Waals surface area contributed by atoms with E-state index >= 15 is 0 Å². The molecule has 18 heavy (non-hydrogen) atoms. The van der Waals surface area contributed by atoms with Gasteiger partial charge in [-0.2, -0.15) is 0 Å². The number of aryl methyl sites for hydroxylation is 1. The van der Waals surface area contributed by atoms with E-state index in [2.05, 4.69) is 43.5 Å². The molecule has 0 radical (unpaired) electrons. The van der Waals surface area contributed by atoms with Crippen molar-refractivity contribution < 1.29 is 0 Å². The van der Waals surface area contributed by atoms with E-state index in [1.54, 1.807) is 0 Å². The maximum atomic E-state index is 5.79. The third kappa shape index (κ3) is 2.93. The van der Waals surface area contributed by atoms with Crippen LogP contribution in [0.1, 0.15) is 56.7 Å². The van der Waals surface area contributed by atoms with E-state index in [1.165, 1.54) is 36.8 Å². The standard InChI is InChI=1S/C16H26N2/c1-3-12-5-8-14(9-6-12)16(18-17)15-10-7-13(4-2)11-15/h5-6,8-9,13,15-16,18H,3-4,7,10-11,17H2,1-2H3. The molecule has 0 aliphatic heterocycles. The first-order valence-electron chi connectivity index (χ1n) is 7.33. The molecule has 1 aromatic rings. The largest absolute Gasteiger partial charge is 0.271 e. The van der Waals surface area contributed by atoms with Crippen molar-refractivity contribution in [3.63, 3.8) is 0 Å². The van der Waals surface area contributed by atoms with Gasteiger partial charge in [-0.05, 0) is 42.2 Å². The smallest absolute Gasteiger partial charge is 0.0488 e. The van der Waals surface area contributed by atoms with Gasteiger partial charge in [-0.25, -0.2) is 0 Å². The number of benzene rings is 1. The second-order valence-electron chi connectivity index (χ2n) is 5.59. The van der Waals surface area contributed by atoms with Crippen LogP contribution in [0.3, 0.4) is 0 Å². The summed E-state index contributed by atoms with van der Waals surface area (Å²) in [6, 6.07) is 9.26. The van der Waals surface area contributed by atoms with Crippen molar-refractivity contribution in [2.75, 3.05) is 0 Å². The minimum atomic E-state index is 0.326. The number of hydrazine groups is 1. The molecule has 1 aliphatic rings. The minimum absolute atomic E-state index is 0.326. The fourth-order valence-corrected chi connectivity index (χ4v) is 3.25. The summed E-state index contributed by atoms with van der Waals surface area (Å²) in [5.74, 6) is 7.40. The molecule has 0 spiro atoms. The Morgan fingerprint density at radius 3 is 2.44 bits per heavy atom. The SMILES string of the molecule is CCc1ccc(C(NN)C2CCC(CC)C2)cc1. The fourth-order valence-electron chi connectivity index (χ4n) is 3.25. The van der Waals surface area contributed by atoms with Crippen LogP contribution < -0.4 is 11.3 Å². The number of hydrogen-bond acceptors (Lipinski definition) is 2. The molecule has 100 valence electrons. The molecule has 1 saturated carbocycles. The topological polar surface area (TPSA) is 38.0 Å². The van der Waals surface area contributed by atoms with Crippen molar-refractivity contribution in [1.82, 2.24) is 5.43 Å². The van der Waals surface area contributed by atoms with Crippen LogP contribution in [0.15, 0.2) is 24.3 Å². The molecule has 0 bridgehead atoms. The molecule has 0 aromatic heterocycles. The van der Waals surface area contributed by atoms with Gasteiger partial charge in [0.2, 0.25) is 0 Å². The van der Waals surface area contributed by atoms with Crippen molar-refractivity contribution in [3.8, 4) is 0 Å². The summed E-state index contributed by atoms with van der Waals surface area (Å²) in [6.45, 7) is 4.49. The third-order valence-electron chi connectivity index (χ3n) is 4.56. The average Bonchev–Trinajstić information content (AvgIpc) is 2.89. The Hall–Kier alpha value is -0.860. The van der Waals surface area contributed by atoms with Gasteiger partial charge in [0.25, 0.3) is 0 Å². The fraction of sp³-hybridized carbons (Fsp3) is 0.625. The van der Waals surface area contributed by atoms with Crippen LogP contribution in [-0.4, -0.2) is 0 Å². The maximum absolute atomic E-state index is 5.79. The Morgan fingerprint density at radius 2 is 1.94 bits per heavy atom. The Kier molecular flexibility index (Phi) is 4.79. The summed E-state index contributed by atoms with van der Waals surface area (Å²) in [6.07, 6.45) is 6.40. The first-order valence-corrected chi connectivity index (χ1v) is 7.33. The zero-order valence-electron chi connectivity index (χ0n) is 11.7. The van der Waals surface area contributed by atoms with Gasteiger partial charge in [0.1, 0.15) is 0 Å². The van der Waals surface area contributed by atoms with E-state index < -0.39 is 0 Å². The monoisotopic (exact) mass is 246 g/mol. The molecule has 1 fully saturated rings. The first kappa shape index (κ1) is 13.6. The number of nitrogens with one attached hydrogen (secondary N) is 1. The van der Waals surface area contributed by atoms with Crippen LogP contribution in [0.5, 0.6) is 0 Å². The quantitative estimate of drug-likeness (QED) is 0.615. The number of nitrogens with two attached hydrogens (primary N) is 1. The summed E-state index contributed by atoms with van der Waals surface area (Å²) >= 11 is 0. The lowest BCUT2D eigenvalue weighted by atomic mass is 9.90. The van der Waals surface area contributed by atoms with Crippen LogP contribution in [-0.2, 0) is 6.42 Å². The number of rotatable bonds is 5. The molecular weight excluding hydrogens is 220 g/mol. The lowest BCUT2D eigenvalue weighted by Gasteiger charge is -2.23. The highest BCUT2D eigenvalue weighted by molar-refractivity contribution is 5.25. The predicted octanol–water partition coefficient (Wildman–Crippen LogP) is 3.58. The Labute approximate surface area is 111 Å². The lowest BCUT2D eigenvalue weighted by Crippen LogP contribution is -2.32. The van der Waals surface area contributed by atoms with Gasteiger partial charge in [0.15, 0.2) is 0 Å². The predicted molar refractivity (Wildman–Crippen MR) is 77.0 cm³/mol. The Bertz CT molecular complexity index is 358. The van der Waals surface area contributed by atoms with Gasteiger partial charge in [-0.15, -0.1) is 0 Å². The highest BCUT2D eigenvalue weighted by Gasteiger charge is 2.30. The third-order valence-corrected chi connectivity index (χ3v) is 4.56. The van der Waals surface area contributed by atoms with Crippen molar-refractivity contribution >= 4 is 0 Å². The number of hydrogen-bond donors (Lipinski definition) is 2. The molecule has 0 heterocycles. The molecule has 0 saturated heterocycles. The molecule has 0 amide bonds. The van der Waals surface area contributed by atoms with Crippen molar-refractivity contribution in [2.45, 2.75) is 52.0 Å². The van der Waals surface area contributed by atoms with Gasteiger partial charge in [0, 0.05) is 6.04 Å². The van der Waals surface area contributed by atoms with E-state index in [0.29, 0.717) is 12.0 Å². The van der Waals surface area contributed by atoms with Crippen molar-refractivity contribution in [1.29, 1.82) is 0 Å². The van der Waals surface area contributed by atoms with Crippen molar-refractivity contribution in [2.24, 2.45) is 17.7 Å². The summed E-state index contributed by atoms with van der Waals surface area (Å²) in [4.78, 5) is 0. The van der Waals surface area contributed by atoms with Gasteiger partial charge < -0.3 is 0 Å². The molecule has 3 atom stereocenters. The normalized spacial score (nSPS) is 25.3. The van der Waals surface area contributed by atoms with Crippen molar-refractivity contribution in [3.05, 3.63) is 35.4 Å². The van der Waals surface area contributed by atoms with Crippen LogP contribution in [0.4, 0.5) is 0 Å². The second-order valence-corrected chi connectivity index (χ2v) is 5.59. The van der Waals surface area contributed by atoms with Gasteiger partial charge in [0.05, 0.1) is 0 Å². The minimum Gasteiger partial charge on any atom is -0.271 e. The lowest BCUT2D eigenvalue weighted by molar-refractivity contribution is 0.358. The van der Waals surface area contributed by atoms with Crippen LogP contribution in [0.25, 0.3) is 0 Å². The first-order chi connectivity index (χ1) is 8.78. The van der Waals surface area contributed by atoms with Gasteiger partial charge in [-0.1, -0.05) is 51.0 Å². The zero-order chi connectivity index (χ0) is 13.0. The maximum Gasteiger partial charge on any atom is 0.0488 e. The molecular formula is C16H26N2. The average molecular weight is 246 g/mol. The molecule has 2 nitrogen and oxygen atoms in total. The molecule has 2 heteroatoms. The van der Waals surface area contributed by atoms with Crippen LogP contribution in [0.2, 0.25) is 0 Å². The highest BCUT2D eigenvalue weighted by Crippen LogP contribution is 2.40. The van der Waals surface area contributed by atoms with Crippen LogP contribution in [0, 0.1) is 11.8 Å². The van der Waals surface area contributed by atoms with E-state index in [0.717, 1.165) is 12.3 Å². The highest BCUT2D eigenvalue weighted by atomic mass is 15.2. The molecule has 1 aliphatic carbocycles. The second kappa shape index (κ2) is 6.35. The zero-order valence-corrected chi connectivity index (χ0v) is 11.7. The summed E-state index contributed by atoms with van der Waals surface area (Å²) in [5, 5.41) is 0. The Balaban J connectivity index is 2.08. The van der Waals surface area contributed by atoms with Crippen LogP contribution >= 0.6 is 0 Å². The summed E-state index contributed by atoms with van der Waals surface area (Å²) in [7, 11) is 0. The molecule has 2 rings (SSSR count). The summed E-state index contributed by atoms with van der Waals surface area (Å²) in [5.41, 5.74) is 5.78. The van der Waals surface area contributed by atoms with Gasteiger partial charge >= 0.3 is 0 Å². The summed E-state index contributed by atoms with van der Waals surface area (Å²) < 4.78 is 0.